The van der Waals surface area contributed by atoms with Gasteiger partial charge in [-0.1, -0.05) is 24.6 Å². The van der Waals surface area contributed by atoms with Crippen LogP contribution in [0.25, 0.3) is 0 Å². The molecule has 0 aromatic heterocycles. The summed E-state index contributed by atoms with van der Waals surface area (Å²) in [5.74, 6) is 0.656. The highest BCUT2D eigenvalue weighted by Gasteiger charge is 2.22. The highest BCUT2D eigenvalue weighted by atomic mass is 35.5. The molecule has 0 bridgehead atoms. The van der Waals surface area contributed by atoms with E-state index in [2.05, 4.69) is 25.1 Å². The normalized spacial score (nSPS) is 14.7. The minimum atomic E-state index is -0.385. The summed E-state index contributed by atoms with van der Waals surface area (Å²) in [6.45, 7) is 2.62. The molecule has 2 nitrogen and oxygen atoms in total. The average molecular weight is 305 g/mol. The predicted octanol–water partition coefficient (Wildman–Crippen LogP) is 3.55. The Hall–Kier alpha value is -0.290. The van der Waals surface area contributed by atoms with Crippen LogP contribution >= 0.6 is 23.4 Å². The molecule has 2 atom stereocenters. The minimum Gasteiger partial charge on any atom is -0.329 e. The fraction of sp³-hybridized carbons (Fsp3) is 0.571. The van der Waals surface area contributed by atoms with Crippen molar-refractivity contribution < 1.29 is 4.39 Å². The van der Waals surface area contributed by atoms with Gasteiger partial charge in [-0.15, -0.1) is 0 Å². The summed E-state index contributed by atoms with van der Waals surface area (Å²) in [6, 6.07) is 5.39. The number of nitrogens with zero attached hydrogens (tertiary/aromatic N) is 1. The maximum Gasteiger partial charge on any atom is 0.142 e. The summed E-state index contributed by atoms with van der Waals surface area (Å²) in [7, 11) is 2.05. The molecule has 108 valence electrons. The molecule has 0 radical (unpaired) electrons. The van der Waals surface area contributed by atoms with E-state index in [9.17, 15) is 4.39 Å². The number of rotatable bonds is 7. The molecule has 0 amide bonds. The van der Waals surface area contributed by atoms with Gasteiger partial charge in [-0.3, -0.25) is 4.90 Å². The molecule has 0 aliphatic heterocycles. The Bertz CT molecular complexity index is 403. The summed E-state index contributed by atoms with van der Waals surface area (Å²) in [5.41, 5.74) is 6.76. The van der Waals surface area contributed by atoms with E-state index in [0.717, 1.165) is 17.7 Å². The van der Waals surface area contributed by atoms with Gasteiger partial charge < -0.3 is 5.73 Å². The molecule has 2 N–H and O–H groups in total. The second-order valence-corrected chi connectivity index (χ2v) is 5.93. The molecule has 0 saturated heterocycles. The van der Waals surface area contributed by atoms with Crippen LogP contribution in [0.3, 0.4) is 0 Å². The molecule has 1 aromatic carbocycles. The zero-order chi connectivity index (χ0) is 14.4. The van der Waals surface area contributed by atoms with Crippen molar-refractivity contribution in [3.8, 4) is 0 Å². The number of nitrogens with two attached hydrogens (primary N) is 1. The predicted molar refractivity (Wildman–Crippen MR) is 83.4 cm³/mol. The first-order valence-electron chi connectivity index (χ1n) is 6.41. The summed E-state index contributed by atoms with van der Waals surface area (Å²) < 4.78 is 13.6. The van der Waals surface area contributed by atoms with Crippen molar-refractivity contribution in [2.75, 3.05) is 25.6 Å². The van der Waals surface area contributed by atoms with Crippen LogP contribution in [0.15, 0.2) is 18.2 Å². The maximum atomic E-state index is 13.6. The molecule has 1 aromatic rings. The number of thioether (sulfide) groups is 1. The SMILES string of the molecule is CCC(CSC)N(C)C(CN)c1ccc(Cl)c(F)c1. The fourth-order valence-corrected chi connectivity index (χ4v) is 3.20. The first kappa shape index (κ1) is 16.8. The van der Waals surface area contributed by atoms with Crippen molar-refractivity contribution in [2.24, 2.45) is 5.73 Å². The molecule has 0 aliphatic rings. The Morgan fingerprint density at radius 3 is 2.63 bits per heavy atom. The lowest BCUT2D eigenvalue weighted by Crippen LogP contribution is -2.39. The van der Waals surface area contributed by atoms with E-state index in [0.29, 0.717) is 12.6 Å². The van der Waals surface area contributed by atoms with Crippen molar-refractivity contribution in [2.45, 2.75) is 25.4 Å². The molecular formula is C14H22ClFN2S. The molecule has 1 rings (SSSR count). The molecule has 0 saturated carbocycles. The van der Waals surface area contributed by atoms with E-state index in [4.69, 9.17) is 17.3 Å². The van der Waals surface area contributed by atoms with Gasteiger partial charge in [0.2, 0.25) is 0 Å². The van der Waals surface area contributed by atoms with Crippen LogP contribution < -0.4 is 5.73 Å². The molecule has 0 fully saturated rings. The smallest absolute Gasteiger partial charge is 0.142 e. The lowest BCUT2D eigenvalue weighted by Gasteiger charge is -2.34. The second-order valence-electron chi connectivity index (χ2n) is 4.61. The van der Waals surface area contributed by atoms with Gasteiger partial charge in [0.1, 0.15) is 5.82 Å². The van der Waals surface area contributed by atoms with Gasteiger partial charge in [0.05, 0.1) is 5.02 Å². The zero-order valence-electron chi connectivity index (χ0n) is 11.7. The van der Waals surface area contributed by atoms with E-state index in [-0.39, 0.29) is 16.9 Å². The molecule has 2 unspecified atom stereocenters. The standard InChI is InChI=1S/C14H22ClFN2S/c1-4-11(9-19-3)18(2)14(8-17)10-5-6-12(15)13(16)7-10/h5-7,11,14H,4,8-9,17H2,1-3H3. The minimum absolute atomic E-state index is 0.0175. The van der Waals surface area contributed by atoms with Crippen molar-refractivity contribution in [1.29, 1.82) is 0 Å². The van der Waals surface area contributed by atoms with Gasteiger partial charge in [0.25, 0.3) is 0 Å². The van der Waals surface area contributed by atoms with E-state index in [1.54, 1.807) is 6.07 Å². The summed E-state index contributed by atoms with van der Waals surface area (Å²) in [6.07, 6.45) is 3.14. The van der Waals surface area contributed by atoms with Crippen LogP contribution in [0.2, 0.25) is 5.02 Å². The van der Waals surface area contributed by atoms with E-state index >= 15 is 0 Å². The van der Waals surface area contributed by atoms with Gasteiger partial charge in [-0.05, 0) is 37.4 Å². The molecule has 0 spiro atoms. The highest BCUT2D eigenvalue weighted by Crippen LogP contribution is 2.26. The van der Waals surface area contributed by atoms with Crippen molar-refractivity contribution in [3.63, 3.8) is 0 Å². The Balaban J connectivity index is 2.94. The van der Waals surface area contributed by atoms with Gasteiger partial charge in [-0.2, -0.15) is 11.8 Å². The Labute approximate surface area is 124 Å². The van der Waals surface area contributed by atoms with Gasteiger partial charge in [0.15, 0.2) is 0 Å². The fourth-order valence-electron chi connectivity index (χ4n) is 2.23. The summed E-state index contributed by atoms with van der Waals surface area (Å²) in [5, 5.41) is 0.151. The van der Waals surface area contributed by atoms with Crippen LogP contribution in [-0.4, -0.2) is 36.5 Å². The average Bonchev–Trinajstić information content (AvgIpc) is 2.40. The zero-order valence-corrected chi connectivity index (χ0v) is 13.3. The molecule has 5 heteroatoms. The lowest BCUT2D eigenvalue weighted by atomic mass is 10.0. The van der Waals surface area contributed by atoms with Crippen molar-refractivity contribution >= 4 is 23.4 Å². The third kappa shape index (κ3) is 4.35. The largest absolute Gasteiger partial charge is 0.329 e. The molecule has 19 heavy (non-hydrogen) atoms. The first-order valence-corrected chi connectivity index (χ1v) is 8.18. The quantitative estimate of drug-likeness (QED) is 0.835. The second kappa shape index (κ2) is 8.10. The third-order valence-corrected chi connectivity index (χ3v) is 4.47. The Kier molecular flexibility index (Phi) is 7.15. The van der Waals surface area contributed by atoms with Gasteiger partial charge in [-0.25, -0.2) is 4.39 Å². The monoisotopic (exact) mass is 304 g/mol. The molecule has 0 heterocycles. The number of benzene rings is 1. The van der Waals surface area contributed by atoms with Crippen molar-refractivity contribution in [3.05, 3.63) is 34.6 Å². The highest BCUT2D eigenvalue weighted by molar-refractivity contribution is 7.98. The van der Waals surface area contributed by atoms with E-state index < -0.39 is 0 Å². The van der Waals surface area contributed by atoms with Crippen LogP contribution in [-0.2, 0) is 0 Å². The summed E-state index contributed by atoms with van der Waals surface area (Å²) >= 11 is 7.54. The Morgan fingerprint density at radius 2 is 2.16 bits per heavy atom. The van der Waals surface area contributed by atoms with E-state index in [1.807, 2.05) is 17.8 Å². The number of hydrogen-bond donors (Lipinski definition) is 1. The first-order chi connectivity index (χ1) is 9.04. The number of halogens is 2. The maximum absolute atomic E-state index is 13.6. The van der Waals surface area contributed by atoms with Crippen LogP contribution in [0, 0.1) is 5.82 Å². The van der Waals surface area contributed by atoms with E-state index in [1.165, 1.54) is 6.07 Å². The third-order valence-electron chi connectivity index (χ3n) is 3.45. The molecular weight excluding hydrogens is 283 g/mol. The lowest BCUT2D eigenvalue weighted by molar-refractivity contribution is 0.187. The van der Waals surface area contributed by atoms with Gasteiger partial charge in [0, 0.05) is 24.4 Å². The van der Waals surface area contributed by atoms with Crippen LogP contribution in [0.4, 0.5) is 4.39 Å². The van der Waals surface area contributed by atoms with Crippen LogP contribution in [0.5, 0.6) is 0 Å². The topological polar surface area (TPSA) is 29.3 Å². The van der Waals surface area contributed by atoms with Gasteiger partial charge >= 0.3 is 0 Å². The molecule has 0 aliphatic carbocycles. The van der Waals surface area contributed by atoms with Crippen LogP contribution in [0.1, 0.15) is 24.9 Å². The number of likely N-dealkylation sites (N-methyl/N-ethyl adjacent to an activating group) is 1. The van der Waals surface area contributed by atoms with Crippen molar-refractivity contribution in [1.82, 2.24) is 4.90 Å². The Morgan fingerprint density at radius 1 is 1.47 bits per heavy atom. The summed E-state index contributed by atoms with van der Waals surface area (Å²) in [4.78, 5) is 2.24. The number of hydrogen-bond acceptors (Lipinski definition) is 3.